The highest BCUT2D eigenvalue weighted by atomic mass is 32.2. The van der Waals surface area contributed by atoms with Gasteiger partial charge in [0.25, 0.3) is 0 Å². The summed E-state index contributed by atoms with van der Waals surface area (Å²) in [6, 6.07) is 20.0. The van der Waals surface area contributed by atoms with Gasteiger partial charge in [0, 0.05) is 40.1 Å². The number of nitrogens with one attached hydrogen (secondary N) is 2. The smallest absolute Gasteiger partial charge is 0.240 e. The van der Waals surface area contributed by atoms with Crippen molar-refractivity contribution < 1.29 is 8.42 Å². The second kappa shape index (κ2) is 11.3. The number of nitrogens with zero attached hydrogens (tertiary/aromatic N) is 1. The van der Waals surface area contributed by atoms with Gasteiger partial charge in [0.05, 0.1) is 10.3 Å². The van der Waals surface area contributed by atoms with E-state index >= 15 is 0 Å². The van der Waals surface area contributed by atoms with Crippen molar-refractivity contribution >= 4 is 47.2 Å². The molecule has 0 bridgehead atoms. The molecule has 0 unspecified atom stereocenters. The highest BCUT2D eigenvalue weighted by Gasteiger charge is 2.16. The minimum Gasteiger partial charge on any atom is -0.383 e. The third kappa shape index (κ3) is 5.73. The third-order valence-corrected chi connectivity index (χ3v) is 8.91. The van der Waals surface area contributed by atoms with Crippen molar-refractivity contribution in [2.45, 2.75) is 25.2 Å². The van der Waals surface area contributed by atoms with Crippen molar-refractivity contribution in [3.8, 4) is 0 Å². The van der Waals surface area contributed by atoms with Crippen LogP contribution in [0.3, 0.4) is 0 Å². The van der Waals surface area contributed by atoms with E-state index in [0.29, 0.717) is 17.2 Å². The van der Waals surface area contributed by atoms with Gasteiger partial charge in [-0.25, -0.2) is 13.1 Å². The largest absolute Gasteiger partial charge is 0.383 e. The second-order valence-corrected chi connectivity index (χ2v) is 11.1. The fourth-order valence-electron chi connectivity index (χ4n) is 4.19. The Morgan fingerprint density at radius 1 is 0.886 bits per heavy atom. The van der Waals surface area contributed by atoms with Crippen molar-refractivity contribution in [2.24, 2.45) is 0 Å². The Hall–Kier alpha value is -2.78. The molecule has 2 N–H and O–H groups in total. The van der Waals surface area contributed by atoms with E-state index < -0.39 is 10.0 Å². The van der Waals surface area contributed by atoms with Gasteiger partial charge in [-0.1, -0.05) is 50.2 Å². The van der Waals surface area contributed by atoms with Crippen LogP contribution in [0.1, 0.15) is 19.4 Å². The van der Waals surface area contributed by atoms with Crippen LogP contribution in [0.15, 0.2) is 76.4 Å². The maximum absolute atomic E-state index is 13.5. The summed E-state index contributed by atoms with van der Waals surface area (Å²) in [4.78, 5) is 16.1. The Balaban J connectivity index is 1.64. The molecule has 0 aliphatic heterocycles. The fourth-order valence-corrected chi connectivity index (χ4v) is 6.49. The monoisotopic (exact) mass is 509 g/mol. The van der Waals surface area contributed by atoms with Crippen molar-refractivity contribution in [3.63, 3.8) is 0 Å². The molecule has 4 rings (SSSR count). The summed E-state index contributed by atoms with van der Waals surface area (Å²) in [6.45, 7) is 8.13. The van der Waals surface area contributed by atoms with Gasteiger partial charge in [-0.05, 0) is 55.4 Å². The molecule has 4 aromatic rings. The first-order valence-corrected chi connectivity index (χ1v) is 14.2. The Kier molecular flexibility index (Phi) is 8.18. The zero-order valence-electron chi connectivity index (χ0n) is 20.1. The van der Waals surface area contributed by atoms with E-state index in [4.69, 9.17) is 0 Å². The average Bonchev–Trinajstić information content (AvgIpc) is 2.88. The number of hydrogen-bond acceptors (Lipinski definition) is 6. The number of sulfonamides is 1. The van der Waals surface area contributed by atoms with E-state index in [2.05, 4.69) is 28.8 Å². The summed E-state index contributed by atoms with van der Waals surface area (Å²) in [5.41, 5.74) is 1.79. The van der Waals surface area contributed by atoms with E-state index in [9.17, 15) is 13.2 Å². The molecule has 0 amide bonds. The minimum absolute atomic E-state index is 0.00593. The van der Waals surface area contributed by atoms with E-state index in [0.717, 1.165) is 46.8 Å². The van der Waals surface area contributed by atoms with Crippen LogP contribution in [-0.4, -0.2) is 46.0 Å². The first-order valence-electron chi connectivity index (χ1n) is 11.9. The quantitative estimate of drug-likeness (QED) is 0.287. The van der Waals surface area contributed by atoms with Crippen molar-refractivity contribution in [2.75, 3.05) is 38.0 Å². The lowest BCUT2D eigenvalue weighted by atomic mass is 10.1. The molecule has 8 heteroatoms. The highest BCUT2D eigenvalue weighted by Crippen LogP contribution is 2.32. The predicted molar refractivity (Wildman–Crippen MR) is 147 cm³/mol. The summed E-state index contributed by atoms with van der Waals surface area (Å²) in [5, 5.41) is 4.86. The number of fused-ring (bicyclic) bond motifs is 2. The Labute approximate surface area is 210 Å². The predicted octanol–water partition coefficient (Wildman–Crippen LogP) is 4.69. The molecule has 6 nitrogen and oxygen atoms in total. The molecular weight excluding hydrogens is 478 g/mol. The van der Waals surface area contributed by atoms with Gasteiger partial charge in [-0.2, -0.15) is 0 Å². The van der Waals surface area contributed by atoms with Gasteiger partial charge in [0.1, 0.15) is 0 Å². The van der Waals surface area contributed by atoms with Gasteiger partial charge in [-0.3, -0.25) is 4.79 Å². The van der Waals surface area contributed by atoms with Crippen molar-refractivity contribution in [1.29, 1.82) is 0 Å². The van der Waals surface area contributed by atoms with E-state index in [1.165, 1.54) is 0 Å². The van der Waals surface area contributed by atoms with E-state index in [1.807, 2.05) is 36.4 Å². The summed E-state index contributed by atoms with van der Waals surface area (Å²) in [5.74, 6) is 0. The molecule has 35 heavy (non-hydrogen) atoms. The summed E-state index contributed by atoms with van der Waals surface area (Å²) >= 11 is 1.58. The van der Waals surface area contributed by atoms with Crippen molar-refractivity contribution in [1.82, 2.24) is 9.62 Å². The second-order valence-electron chi connectivity index (χ2n) is 8.32. The zero-order valence-corrected chi connectivity index (χ0v) is 21.7. The Morgan fingerprint density at radius 2 is 1.60 bits per heavy atom. The normalized spacial score (nSPS) is 12.0. The molecule has 184 valence electrons. The topological polar surface area (TPSA) is 78.5 Å². The number of hydrogen-bond donors (Lipinski definition) is 2. The first-order chi connectivity index (χ1) is 16.9. The minimum atomic E-state index is -3.59. The lowest BCUT2D eigenvalue weighted by Gasteiger charge is -2.19. The van der Waals surface area contributed by atoms with Gasteiger partial charge in [-0.15, -0.1) is 11.3 Å². The summed E-state index contributed by atoms with van der Waals surface area (Å²) < 4.78 is 29.8. The zero-order chi connectivity index (χ0) is 24.8. The summed E-state index contributed by atoms with van der Waals surface area (Å²) in [7, 11) is -3.59. The SMILES string of the molecule is CCN(CC)CCNc1ccc(CCNS(=O)(=O)c2ccccc2)c2sc3ccccc3c(=O)c12. The lowest BCUT2D eigenvalue weighted by molar-refractivity contribution is 0.316. The molecule has 0 spiro atoms. The summed E-state index contributed by atoms with van der Waals surface area (Å²) in [6.07, 6.45) is 0.483. The molecular formula is C27H31N3O3S2. The van der Waals surface area contributed by atoms with E-state index in [1.54, 1.807) is 41.7 Å². The molecule has 1 aromatic heterocycles. The molecule has 0 aliphatic rings. The van der Waals surface area contributed by atoms with E-state index in [-0.39, 0.29) is 16.9 Å². The van der Waals surface area contributed by atoms with Crippen LogP contribution < -0.4 is 15.5 Å². The van der Waals surface area contributed by atoms with Crippen LogP contribution in [0, 0.1) is 0 Å². The molecule has 0 saturated carbocycles. The van der Waals surface area contributed by atoms with Crippen LogP contribution in [-0.2, 0) is 16.4 Å². The van der Waals surface area contributed by atoms with Crippen LogP contribution in [0.4, 0.5) is 5.69 Å². The molecule has 0 fully saturated rings. The standard InChI is InChI=1S/C27H31N3O3S2/c1-3-30(4-2)19-18-28-23-15-14-20(16-17-29-35(32,33)21-10-6-5-7-11-21)27-25(23)26(31)22-12-8-9-13-24(22)34-27/h5-15,28-29H,3-4,16-19H2,1-2H3. The van der Waals surface area contributed by atoms with Crippen LogP contribution >= 0.6 is 11.3 Å². The molecule has 0 saturated heterocycles. The molecule has 0 radical (unpaired) electrons. The number of rotatable bonds is 11. The third-order valence-electron chi connectivity index (χ3n) is 6.19. The molecule has 1 heterocycles. The van der Waals surface area contributed by atoms with Gasteiger partial charge >= 0.3 is 0 Å². The first kappa shape index (κ1) is 25.3. The Morgan fingerprint density at radius 3 is 2.34 bits per heavy atom. The number of anilines is 1. The molecule has 0 atom stereocenters. The van der Waals surface area contributed by atoms with Gasteiger partial charge in [0.15, 0.2) is 5.43 Å². The molecule has 3 aromatic carbocycles. The van der Waals surface area contributed by atoms with Gasteiger partial charge < -0.3 is 10.2 Å². The fraction of sp³-hybridized carbons (Fsp3) is 0.296. The van der Waals surface area contributed by atoms with Crippen LogP contribution in [0.25, 0.3) is 20.2 Å². The average molecular weight is 510 g/mol. The van der Waals surface area contributed by atoms with Crippen LogP contribution in [0.2, 0.25) is 0 Å². The maximum atomic E-state index is 13.5. The number of likely N-dealkylation sites (N-methyl/N-ethyl adjacent to an activating group) is 1. The number of benzene rings is 3. The van der Waals surface area contributed by atoms with Gasteiger partial charge in [0.2, 0.25) is 10.0 Å². The molecule has 0 aliphatic carbocycles. The maximum Gasteiger partial charge on any atom is 0.240 e. The van der Waals surface area contributed by atoms with Crippen LogP contribution in [0.5, 0.6) is 0 Å². The van der Waals surface area contributed by atoms with Crippen molar-refractivity contribution in [3.05, 3.63) is 82.5 Å². The lowest BCUT2D eigenvalue weighted by Crippen LogP contribution is -2.28. The highest BCUT2D eigenvalue weighted by molar-refractivity contribution is 7.89. The Bertz CT molecular complexity index is 1460.